The van der Waals surface area contributed by atoms with Gasteiger partial charge in [0, 0.05) is 13.1 Å². The maximum atomic E-state index is 14.1. The molecule has 3 aromatic rings. The highest BCUT2D eigenvalue weighted by Gasteiger charge is 2.46. The average molecular weight is 571 g/mol. The van der Waals surface area contributed by atoms with Gasteiger partial charge in [-0.1, -0.05) is 56.3 Å². The molecule has 0 unspecified atom stereocenters. The summed E-state index contributed by atoms with van der Waals surface area (Å²) >= 11 is 0. The first-order valence-electron chi connectivity index (χ1n) is 14.2. The normalized spacial score (nSPS) is 17.3. The number of urea groups is 1. The van der Waals surface area contributed by atoms with Crippen LogP contribution in [0.2, 0.25) is 0 Å². The number of nitrogens with one attached hydrogen (secondary N) is 2. The second kappa shape index (κ2) is 12.5. The van der Waals surface area contributed by atoms with Crippen LogP contribution in [0.5, 0.6) is 11.5 Å². The SMILES string of the molecule is CCN1C(=O)N[C@@H](c2cccc(Oc3ccccc3)c2)C2=C1CN([C@@H](CC(C)C)C(=O)NCc1cccc(F)c1)C2=O. The number of carbonyl (C=O) groups is 3. The zero-order chi connectivity index (χ0) is 29.8. The molecule has 2 aliphatic heterocycles. The predicted octanol–water partition coefficient (Wildman–Crippen LogP) is 5.53. The van der Waals surface area contributed by atoms with Crippen molar-refractivity contribution in [2.45, 2.75) is 45.8 Å². The molecule has 42 heavy (non-hydrogen) atoms. The minimum atomic E-state index is -0.765. The summed E-state index contributed by atoms with van der Waals surface area (Å²) in [5, 5.41) is 5.89. The quantitative estimate of drug-likeness (QED) is 0.335. The number of ether oxygens (including phenoxy) is 1. The van der Waals surface area contributed by atoms with Crippen molar-refractivity contribution in [1.82, 2.24) is 20.4 Å². The van der Waals surface area contributed by atoms with Gasteiger partial charge in [-0.2, -0.15) is 0 Å². The van der Waals surface area contributed by atoms with Crippen LogP contribution in [0.3, 0.4) is 0 Å². The summed E-state index contributed by atoms with van der Waals surface area (Å²) in [5.74, 6) is 0.360. The van der Waals surface area contributed by atoms with E-state index in [4.69, 9.17) is 4.74 Å². The average Bonchev–Trinajstić information content (AvgIpc) is 3.31. The third-order valence-electron chi connectivity index (χ3n) is 7.47. The maximum Gasteiger partial charge on any atom is 0.322 e. The highest BCUT2D eigenvalue weighted by molar-refractivity contribution is 6.03. The van der Waals surface area contributed by atoms with E-state index in [0.717, 1.165) is 0 Å². The second-order valence-electron chi connectivity index (χ2n) is 10.9. The van der Waals surface area contributed by atoms with Crippen LogP contribution in [0.4, 0.5) is 9.18 Å². The molecular weight excluding hydrogens is 535 g/mol. The first-order chi connectivity index (χ1) is 20.2. The van der Waals surface area contributed by atoms with E-state index in [1.165, 1.54) is 12.1 Å². The van der Waals surface area contributed by atoms with E-state index in [-0.39, 0.29) is 42.7 Å². The Hall–Kier alpha value is -4.66. The minimum Gasteiger partial charge on any atom is -0.457 e. The topological polar surface area (TPSA) is 91.0 Å². The largest absolute Gasteiger partial charge is 0.457 e. The lowest BCUT2D eigenvalue weighted by molar-refractivity contribution is -0.137. The molecule has 2 N–H and O–H groups in total. The molecule has 2 atom stereocenters. The fourth-order valence-electron chi connectivity index (χ4n) is 5.51. The van der Waals surface area contributed by atoms with Crippen molar-refractivity contribution in [3.63, 3.8) is 0 Å². The number of halogens is 1. The number of nitrogens with zero attached hydrogens (tertiary/aromatic N) is 2. The molecule has 2 heterocycles. The molecule has 5 rings (SSSR count). The van der Waals surface area contributed by atoms with Gasteiger partial charge in [0.2, 0.25) is 5.91 Å². The van der Waals surface area contributed by atoms with E-state index < -0.39 is 12.1 Å². The number of hydrogen-bond acceptors (Lipinski definition) is 4. The van der Waals surface area contributed by atoms with Crippen molar-refractivity contribution >= 4 is 17.8 Å². The summed E-state index contributed by atoms with van der Waals surface area (Å²) in [4.78, 5) is 44.0. The third kappa shape index (κ3) is 6.15. The van der Waals surface area contributed by atoms with Gasteiger partial charge in [-0.25, -0.2) is 9.18 Å². The summed E-state index contributed by atoms with van der Waals surface area (Å²) < 4.78 is 19.7. The van der Waals surface area contributed by atoms with Crippen LogP contribution in [0.15, 0.2) is 90.1 Å². The summed E-state index contributed by atoms with van der Waals surface area (Å²) in [6, 6.07) is 20.9. The smallest absolute Gasteiger partial charge is 0.322 e. The molecule has 0 radical (unpaired) electrons. The number of amides is 4. The van der Waals surface area contributed by atoms with Gasteiger partial charge in [-0.15, -0.1) is 0 Å². The predicted molar refractivity (Wildman–Crippen MR) is 157 cm³/mol. The minimum absolute atomic E-state index is 0.116. The Morgan fingerprint density at radius 1 is 1.02 bits per heavy atom. The van der Waals surface area contributed by atoms with Crippen molar-refractivity contribution in [3.05, 3.63) is 107 Å². The van der Waals surface area contributed by atoms with Gasteiger partial charge in [0.05, 0.1) is 23.9 Å². The Kier molecular flexibility index (Phi) is 8.56. The van der Waals surface area contributed by atoms with Gasteiger partial charge in [-0.3, -0.25) is 14.5 Å². The van der Waals surface area contributed by atoms with Gasteiger partial charge in [0.25, 0.3) is 5.91 Å². The zero-order valence-corrected chi connectivity index (χ0v) is 24.0. The van der Waals surface area contributed by atoms with Crippen LogP contribution >= 0.6 is 0 Å². The Bertz CT molecular complexity index is 1510. The van der Waals surface area contributed by atoms with Gasteiger partial charge < -0.3 is 20.3 Å². The van der Waals surface area contributed by atoms with E-state index in [9.17, 15) is 18.8 Å². The standard InChI is InChI=1S/C33H35FN4O4/c1-4-37-28-20-38(27(16-21(2)3)31(39)35-19-22-10-8-12-24(34)17-22)32(40)29(28)30(36-33(37)41)23-11-9-15-26(18-23)42-25-13-6-5-7-14-25/h5-15,17-18,21,27,30H,4,16,19-20H2,1-3H3,(H,35,39)(H,36,41)/t27-,30-/m0/s1. The van der Waals surface area contributed by atoms with Crippen molar-refractivity contribution in [2.75, 3.05) is 13.1 Å². The van der Waals surface area contributed by atoms with Crippen LogP contribution in [0.25, 0.3) is 0 Å². The fourth-order valence-corrected chi connectivity index (χ4v) is 5.51. The summed E-state index contributed by atoms with van der Waals surface area (Å²) in [6.45, 7) is 6.48. The van der Waals surface area contributed by atoms with E-state index in [1.807, 2.05) is 75.4 Å². The van der Waals surface area contributed by atoms with Crippen molar-refractivity contribution in [3.8, 4) is 11.5 Å². The van der Waals surface area contributed by atoms with Crippen molar-refractivity contribution < 1.29 is 23.5 Å². The molecule has 3 aromatic carbocycles. The number of para-hydroxylation sites is 1. The van der Waals surface area contributed by atoms with Crippen molar-refractivity contribution in [1.29, 1.82) is 0 Å². The number of carbonyl (C=O) groups excluding carboxylic acids is 3. The summed E-state index contributed by atoms with van der Waals surface area (Å²) in [5.41, 5.74) is 2.37. The van der Waals surface area contributed by atoms with Crippen LogP contribution in [-0.4, -0.2) is 46.8 Å². The fraction of sp³-hybridized carbons (Fsp3) is 0.303. The first kappa shape index (κ1) is 28.9. The Balaban J connectivity index is 1.42. The molecule has 0 bridgehead atoms. The monoisotopic (exact) mass is 570 g/mol. The molecule has 2 aliphatic rings. The van der Waals surface area contributed by atoms with Crippen LogP contribution in [0.1, 0.15) is 44.4 Å². The summed E-state index contributed by atoms with van der Waals surface area (Å²) in [6.07, 6.45) is 0.430. The zero-order valence-electron chi connectivity index (χ0n) is 24.0. The van der Waals surface area contributed by atoms with Crippen LogP contribution in [0, 0.1) is 11.7 Å². The van der Waals surface area contributed by atoms with Crippen LogP contribution in [-0.2, 0) is 16.1 Å². The number of rotatable bonds is 10. The third-order valence-corrected chi connectivity index (χ3v) is 7.47. The molecule has 8 nitrogen and oxygen atoms in total. The second-order valence-corrected chi connectivity index (χ2v) is 10.9. The van der Waals surface area contributed by atoms with Crippen molar-refractivity contribution in [2.24, 2.45) is 5.92 Å². The van der Waals surface area contributed by atoms with E-state index in [0.29, 0.717) is 46.9 Å². The van der Waals surface area contributed by atoms with Gasteiger partial charge in [0.15, 0.2) is 0 Å². The number of likely N-dealkylation sites (N-methyl/N-ethyl adjacent to an activating group) is 1. The van der Waals surface area contributed by atoms with Gasteiger partial charge in [0.1, 0.15) is 23.4 Å². The Morgan fingerprint density at radius 3 is 2.48 bits per heavy atom. The molecule has 218 valence electrons. The molecule has 0 saturated carbocycles. The molecule has 9 heteroatoms. The van der Waals surface area contributed by atoms with Gasteiger partial charge in [-0.05, 0) is 66.8 Å². The molecule has 0 saturated heterocycles. The highest BCUT2D eigenvalue weighted by Crippen LogP contribution is 2.38. The Morgan fingerprint density at radius 2 is 1.76 bits per heavy atom. The lowest BCUT2D eigenvalue weighted by Crippen LogP contribution is -2.49. The first-order valence-corrected chi connectivity index (χ1v) is 14.2. The van der Waals surface area contributed by atoms with Gasteiger partial charge >= 0.3 is 6.03 Å². The molecule has 0 fully saturated rings. The number of benzene rings is 3. The van der Waals surface area contributed by atoms with E-state index in [2.05, 4.69) is 10.6 Å². The molecule has 4 amide bonds. The van der Waals surface area contributed by atoms with E-state index in [1.54, 1.807) is 21.9 Å². The molecule has 0 spiro atoms. The number of hydrogen-bond donors (Lipinski definition) is 2. The summed E-state index contributed by atoms with van der Waals surface area (Å²) in [7, 11) is 0. The van der Waals surface area contributed by atoms with Crippen LogP contribution < -0.4 is 15.4 Å². The lowest BCUT2D eigenvalue weighted by Gasteiger charge is -2.33. The molecule has 0 aromatic heterocycles. The maximum absolute atomic E-state index is 14.1. The lowest BCUT2D eigenvalue weighted by atomic mass is 9.95. The Labute approximate surface area is 245 Å². The van der Waals surface area contributed by atoms with E-state index >= 15 is 0 Å². The molecular formula is C33H35FN4O4. The highest BCUT2D eigenvalue weighted by atomic mass is 19.1. The molecule has 0 aliphatic carbocycles.